The molecule has 1 fully saturated rings. The molecule has 1 amide bonds. The van der Waals surface area contributed by atoms with Gasteiger partial charge in [0.25, 0.3) is 0 Å². The highest BCUT2D eigenvalue weighted by Crippen LogP contribution is 2.19. The molecular formula is C19H22N2O. The van der Waals surface area contributed by atoms with Gasteiger partial charge in [-0.25, -0.2) is 0 Å². The monoisotopic (exact) mass is 294 g/mol. The smallest absolute Gasteiger partial charge is 0.227 e. The molecule has 1 aliphatic heterocycles. The van der Waals surface area contributed by atoms with Gasteiger partial charge in [-0.2, -0.15) is 0 Å². The molecule has 114 valence electrons. The van der Waals surface area contributed by atoms with Crippen LogP contribution < -0.4 is 5.32 Å². The van der Waals surface area contributed by atoms with Crippen molar-refractivity contribution in [2.75, 3.05) is 19.6 Å². The van der Waals surface area contributed by atoms with Crippen molar-refractivity contribution in [1.82, 2.24) is 10.2 Å². The fraction of sp³-hybridized carbons (Fsp3) is 0.316. The number of nitrogens with one attached hydrogen (secondary N) is 1. The van der Waals surface area contributed by atoms with Gasteiger partial charge in [0.1, 0.15) is 0 Å². The van der Waals surface area contributed by atoms with E-state index < -0.39 is 0 Å². The van der Waals surface area contributed by atoms with Crippen molar-refractivity contribution in [3.8, 4) is 11.1 Å². The third-order valence-corrected chi connectivity index (χ3v) is 4.24. The van der Waals surface area contributed by atoms with Crippen molar-refractivity contribution in [2.45, 2.75) is 19.4 Å². The Balaban J connectivity index is 1.67. The van der Waals surface area contributed by atoms with Gasteiger partial charge in [-0.3, -0.25) is 4.79 Å². The van der Waals surface area contributed by atoms with Gasteiger partial charge in [0.2, 0.25) is 5.91 Å². The van der Waals surface area contributed by atoms with Gasteiger partial charge in [0, 0.05) is 25.7 Å². The Labute approximate surface area is 132 Å². The number of carbonyl (C=O) groups excluding carboxylic acids is 1. The Morgan fingerprint density at radius 2 is 1.77 bits per heavy atom. The average molecular weight is 294 g/mol. The highest BCUT2D eigenvalue weighted by atomic mass is 16.2. The zero-order valence-electron chi connectivity index (χ0n) is 13.0. The van der Waals surface area contributed by atoms with E-state index in [-0.39, 0.29) is 11.9 Å². The Morgan fingerprint density at radius 1 is 1.09 bits per heavy atom. The topological polar surface area (TPSA) is 32.3 Å². The summed E-state index contributed by atoms with van der Waals surface area (Å²) in [5, 5.41) is 3.31. The number of nitrogens with zero attached hydrogens (tertiary/aromatic N) is 1. The van der Waals surface area contributed by atoms with Crippen LogP contribution in [0.2, 0.25) is 0 Å². The number of carbonyl (C=O) groups is 1. The largest absolute Gasteiger partial charge is 0.337 e. The molecule has 1 aliphatic rings. The van der Waals surface area contributed by atoms with Crippen molar-refractivity contribution in [3.63, 3.8) is 0 Å². The molecule has 0 saturated carbocycles. The van der Waals surface area contributed by atoms with Gasteiger partial charge >= 0.3 is 0 Å². The highest BCUT2D eigenvalue weighted by Gasteiger charge is 2.22. The van der Waals surface area contributed by atoms with E-state index in [4.69, 9.17) is 0 Å². The van der Waals surface area contributed by atoms with Crippen molar-refractivity contribution >= 4 is 5.91 Å². The number of benzene rings is 2. The van der Waals surface area contributed by atoms with Gasteiger partial charge in [-0.05, 0) is 23.6 Å². The second kappa shape index (κ2) is 6.75. The molecule has 3 nitrogen and oxygen atoms in total. The quantitative estimate of drug-likeness (QED) is 0.944. The lowest BCUT2D eigenvalue weighted by Gasteiger charge is -2.34. The van der Waals surface area contributed by atoms with Crippen LogP contribution in [0.3, 0.4) is 0 Å². The maximum Gasteiger partial charge on any atom is 0.227 e. The number of rotatable bonds is 3. The van der Waals surface area contributed by atoms with E-state index in [0.29, 0.717) is 6.42 Å². The molecule has 2 aromatic rings. The van der Waals surface area contributed by atoms with Crippen LogP contribution in [0.1, 0.15) is 12.5 Å². The van der Waals surface area contributed by atoms with Crippen molar-refractivity contribution in [3.05, 3.63) is 60.2 Å². The van der Waals surface area contributed by atoms with Crippen LogP contribution >= 0.6 is 0 Å². The van der Waals surface area contributed by atoms with E-state index in [2.05, 4.69) is 48.6 Å². The lowest BCUT2D eigenvalue weighted by Crippen LogP contribution is -2.52. The maximum atomic E-state index is 12.4. The van der Waals surface area contributed by atoms with Gasteiger partial charge in [0.15, 0.2) is 0 Å². The van der Waals surface area contributed by atoms with E-state index in [1.165, 1.54) is 11.1 Å². The predicted octanol–water partition coefficient (Wildman–Crippen LogP) is 2.72. The Hall–Kier alpha value is -2.13. The first-order valence-electron chi connectivity index (χ1n) is 7.88. The molecule has 0 spiro atoms. The molecule has 0 bridgehead atoms. The summed E-state index contributed by atoms with van der Waals surface area (Å²) in [5.41, 5.74) is 3.47. The lowest BCUT2D eigenvalue weighted by atomic mass is 10.0. The van der Waals surface area contributed by atoms with Gasteiger partial charge in [-0.15, -0.1) is 0 Å². The van der Waals surface area contributed by atoms with E-state index >= 15 is 0 Å². The Morgan fingerprint density at radius 3 is 2.45 bits per heavy atom. The number of piperazine rings is 1. The van der Waals surface area contributed by atoms with Crippen LogP contribution in [0.4, 0.5) is 0 Å². The third kappa shape index (κ3) is 3.37. The molecule has 0 aliphatic carbocycles. The van der Waals surface area contributed by atoms with E-state index in [1.807, 2.05) is 23.1 Å². The first-order chi connectivity index (χ1) is 10.7. The van der Waals surface area contributed by atoms with Crippen LogP contribution in [-0.2, 0) is 11.2 Å². The van der Waals surface area contributed by atoms with Crippen LogP contribution in [0.25, 0.3) is 11.1 Å². The lowest BCUT2D eigenvalue weighted by molar-refractivity contribution is -0.133. The molecule has 0 aromatic heterocycles. The molecule has 3 rings (SSSR count). The number of hydrogen-bond acceptors (Lipinski definition) is 2. The summed E-state index contributed by atoms with van der Waals surface area (Å²) in [4.78, 5) is 14.4. The SMILES string of the molecule is C[C@@H]1CNCCN1C(=O)Cc1ccc(-c2ccccc2)cc1. The standard InChI is InChI=1S/C19H22N2O/c1-15-14-20-11-12-21(15)19(22)13-16-7-9-18(10-8-16)17-5-3-2-4-6-17/h2-10,15,20H,11-14H2,1H3/t15-/m1/s1. The van der Waals surface area contributed by atoms with Crippen LogP contribution in [0, 0.1) is 0 Å². The summed E-state index contributed by atoms with van der Waals surface area (Å²) < 4.78 is 0. The second-order valence-electron chi connectivity index (χ2n) is 5.88. The summed E-state index contributed by atoms with van der Waals surface area (Å²) in [6.07, 6.45) is 0.486. The van der Waals surface area contributed by atoms with Crippen molar-refractivity contribution in [2.24, 2.45) is 0 Å². The zero-order valence-corrected chi connectivity index (χ0v) is 13.0. The highest BCUT2D eigenvalue weighted by molar-refractivity contribution is 5.79. The minimum absolute atomic E-state index is 0.224. The number of hydrogen-bond donors (Lipinski definition) is 1. The zero-order chi connectivity index (χ0) is 15.4. The fourth-order valence-electron chi connectivity index (χ4n) is 2.93. The minimum atomic E-state index is 0.224. The first-order valence-corrected chi connectivity index (χ1v) is 7.88. The van der Waals surface area contributed by atoms with Crippen molar-refractivity contribution in [1.29, 1.82) is 0 Å². The molecule has 22 heavy (non-hydrogen) atoms. The molecule has 1 heterocycles. The number of amides is 1. The summed E-state index contributed by atoms with van der Waals surface area (Å²) in [6, 6.07) is 18.9. The van der Waals surface area contributed by atoms with Gasteiger partial charge in [-0.1, -0.05) is 54.6 Å². The minimum Gasteiger partial charge on any atom is -0.337 e. The van der Waals surface area contributed by atoms with E-state index in [9.17, 15) is 4.79 Å². The van der Waals surface area contributed by atoms with Crippen LogP contribution in [0.15, 0.2) is 54.6 Å². The summed E-state index contributed by atoms with van der Waals surface area (Å²) >= 11 is 0. The van der Waals surface area contributed by atoms with E-state index in [0.717, 1.165) is 25.2 Å². The average Bonchev–Trinajstić information content (AvgIpc) is 2.57. The Bertz CT molecular complexity index is 622. The maximum absolute atomic E-state index is 12.4. The normalized spacial score (nSPS) is 18.2. The molecule has 1 saturated heterocycles. The molecular weight excluding hydrogens is 272 g/mol. The second-order valence-corrected chi connectivity index (χ2v) is 5.88. The molecule has 3 heteroatoms. The summed E-state index contributed by atoms with van der Waals surface area (Å²) in [5.74, 6) is 0.224. The molecule has 0 radical (unpaired) electrons. The molecule has 0 unspecified atom stereocenters. The molecule has 2 aromatic carbocycles. The van der Waals surface area contributed by atoms with Crippen LogP contribution in [0.5, 0.6) is 0 Å². The third-order valence-electron chi connectivity index (χ3n) is 4.24. The predicted molar refractivity (Wildman–Crippen MR) is 89.6 cm³/mol. The van der Waals surface area contributed by atoms with Crippen LogP contribution in [-0.4, -0.2) is 36.5 Å². The van der Waals surface area contributed by atoms with Gasteiger partial charge < -0.3 is 10.2 Å². The summed E-state index contributed by atoms with van der Waals surface area (Å²) in [7, 11) is 0. The fourth-order valence-corrected chi connectivity index (χ4v) is 2.93. The van der Waals surface area contributed by atoms with E-state index in [1.54, 1.807) is 0 Å². The first kappa shape index (κ1) is 14.8. The molecule has 1 N–H and O–H groups in total. The summed E-state index contributed by atoms with van der Waals surface area (Å²) in [6.45, 7) is 4.69. The Kier molecular flexibility index (Phi) is 4.54. The van der Waals surface area contributed by atoms with Crippen molar-refractivity contribution < 1.29 is 4.79 Å². The van der Waals surface area contributed by atoms with Gasteiger partial charge in [0.05, 0.1) is 6.42 Å². The molecule has 1 atom stereocenters.